The number of likely N-dealkylation sites (tertiary alicyclic amines) is 1. The minimum absolute atomic E-state index is 0.101. The van der Waals surface area contributed by atoms with Gasteiger partial charge in [-0.05, 0) is 56.6 Å². The molecule has 0 saturated carbocycles. The molecule has 1 aromatic carbocycles. The first-order valence-electron chi connectivity index (χ1n) is 13.2. The molecule has 3 amide bonds. The molecular weight excluding hydrogens is 472 g/mol. The summed E-state index contributed by atoms with van der Waals surface area (Å²) in [5, 5.41) is 5.75. The number of hydrogen-bond acceptors (Lipinski definition) is 6. The largest absolute Gasteiger partial charge is 0.496 e. The molecule has 0 aromatic heterocycles. The van der Waals surface area contributed by atoms with E-state index in [0.29, 0.717) is 43.2 Å². The van der Waals surface area contributed by atoms with Crippen LogP contribution in [0.15, 0.2) is 24.4 Å². The molecule has 1 saturated heterocycles. The monoisotopic (exact) mass is 514 g/mol. The zero-order valence-electron chi connectivity index (χ0n) is 23.1. The van der Waals surface area contributed by atoms with Crippen molar-refractivity contribution >= 4 is 23.8 Å². The van der Waals surface area contributed by atoms with Gasteiger partial charge in [-0.1, -0.05) is 34.1 Å². The molecule has 0 radical (unpaired) electrons. The highest BCUT2D eigenvalue weighted by Crippen LogP contribution is 2.30. The average molecular weight is 515 g/mol. The summed E-state index contributed by atoms with van der Waals surface area (Å²) in [6, 6.07) is 3.41. The van der Waals surface area contributed by atoms with Gasteiger partial charge in [0.05, 0.1) is 13.2 Å². The molecule has 1 aromatic rings. The predicted octanol–water partition coefficient (Wildman–Crippen LogP) is 2.65. The second-order valence-electron chi connectivity index (χ2n) is 10.6. The Balaban J connectivity index is 2.04. The zero-order chi connectivity index (χ0) is 27.3. The molecule has 2 aliphatic rings. The number of methoxy groups -OCH3 is 1. The van der Waals surface area contributed by atoms with Crippen LogP contribution < -0.4 is 20.1 Å². The van der Waals surface area contributed by atoms with Gasteiger partial charge in [0, 0.05) is 24.7 Å². The maximum Gasteiger partial charge on any atom is 0.247 e. The smallest absolute Gasteiger partial charge is 0.247 e. The third kappa shape index (κ3) is 6.63. The van der Waals surface area contributed by atoms with Crippen molar-refractivity contribution in [2.45, 2.75) is 71.2 Å². The van der Waals surface area contributed by atoms with E-state index in [1.165, 1.54) is 0 Å². The van der Waals surface area contributed by atoms with Crippen LogP contribution in [-0.4, -0.2) is 79.5 Å². The van der Waals surface area contributed by atoms with Crippen LogP contribution in [0.1, 0.15) is 52.5 Å². The number of likely N-dealkylation sites (N-methyl/N-ethyl adjacent to an activating group) is 1. The number of nitrogens with one attached hydrogen (secondary N) is 2. The number of benzene rings is 1. The van der Waals surface area contributed by atoms with Gasteiger partial charge in [-0.2, -0.15) is 0 Å². The van der Waals surface area contributed by atoms with Crippen LogP contribution in [-0.2, 0) is 14.4 Å². The lowest BCUT2D eigenvalue weighted by Gasteiger charge is -2.34. The number of rotatable bonds is 7. The molecule has 2 aliphatic heterocycles. The van der Waals surface area contributed by atoms with Crippen molar-refractivity contribution in [3.8, 4) is 11.5 Å². The zero-order valence-corrected chi connectivity index (χ0v) is 23.1. The Morgan fingerprint density at radius 2 is 1.95 bits per heavy atom. The Kier molecular flexibility index (Phi) is 9.59. The van der Waals surface area contributed by atoms with E-state index < -0.39 is 18.2 Å². The first kappa shape index (κ1) is 28.5. The molecule has 2 N–H and O–H groups in total. The fraction of sp³-hybridized carbons (Fsp3) is 0.607. The number of amides is 3. The van der Waals surface area contributed by atoms with Gasteiger partial charge < -0.3 is 25.0 Å². The van der Waals surface area contributed by atoms with Gasteiger partial charge >= 0.3 is 0 Å². The first-order valence-corrected chi connectivity index (χ1v) is 13.2. The highest BCUT2D eigenvalue weighted by molar-refractivity contribution is 5.94. The number of ether oxygens (including phenoxy) is 2. The van der Waals surface area contributed by atoms with Crippen LogP contribution in [0, 0.1) is 11.8 Å². The minimum atomic E-state index is -0.860. The molecule has 3 rings (SSSR count). The fourth-order valence-electron chi connectivity index (χ4n) is 4.95. The highest BCUT2D eigenvalue weighted by Gasteiger charge is 2.46. The number of carbonyl (C=O) groups is 3. The van der Waals surface area contributed by atoms with Gasteiger partial charge in [0.1, 0.15) is 29.7 Å². The molecule has 9 nitrogen and oxygen atoms in total. The summed E-state index contributed by atoms with van der Waals surface area (Å²) >= 11 is 0. The topological polar surface area (TPSA) is 100 Å². The molecule has 0 aliphatic carbocycles. The molecule has 204 valence electrons. The highest BCUT2D eigenvalue weighted by atomic mass is 16.5. The van der Waals surface area contributed by atoms with Crippen molar-refractivity contribution in [3.63, 3.8) is 0 Å². The number of carbonyl (C=O) groups excluding carboxylic acids is 3. The maximum atomic E-state index is 13.8. The summed E-state index contributed by atoms with van der Waals surface area (Å²) in [5.74, 6) is 0.594. The van der Waals surface area contributed by atoms with E-state index in [0.717, 1.165) is 5.56 Å². The summed E-state index contributed by atoms with van der Waals surface area (Å²) in [7, 11) is 5.35. The van der Waals surface area contributed by atoms with Gasteiger partial charge in [0.2, 0.25) is 17.7 Å². The fourth-order valence-corrected chi connectivity index (χ4v) is 4.95. The minimum Gasteiger partial charge on any atom is -0.496 e. The van der Waals surface area contributed by atoms with Gasteiger partial charge in [0.15, 0.2) is 0 Å². The van der Waals surface area contributed by atoms with E-state index in [-0.39, 0.29) is 29.7 Å². The van der Waals surface area contributed by atoms with Gasteiger partial charge in [-0.25, -0.2) is 0 Å². The van der Waals surface area contributed by atoms with Crippen molar-refractivity contribution in [2.75, 3.05) is 27.7 Å². The summed E-state index contributed by atoms with van der Waals surface area (Å²) in [6.45, 7) is 8.45. The van der Waals surface area contributed by atoms with Crippen LogP contribution in [0.3, 0.4) is 0 Å². The molecule has 1 fully saturated rings. The van der Waals surface area contributed by atoms with Crippen molar-refractivity contribution in [3.05, 3.63) is 30.0 Å². The van der Waals surface area contributed by atoms with Crippen LogP contribution in [0.2, 0.25) is 0 Å². The van der Waals surface area contributed by atoms with Crippen molar-refractivity contribution in [1.29, 1.82) is 0 Å². The molecule has 2 bridgehead atoms. The summed E-state index contributed by atoms with van der Waals surface area (Å²) < 4.78 is 11.8. The lowest BCUT2D eigenvalue weighted by atomic mass is 9.97. The second kappa shape index (κ2) is 12.4. The summed E-state index contributed by atoms with van der Waals surface area (Å²) in [6.07, 6.45) is 4.61. The standard InChI is InChI=1S/C28H42N4O5/c1-8-18(4)24-26(33)29-13-11-19-16-20(9-10-22(19)36-7)37-23-12-14-32(25(23)27(34)30-24)28(35)21(31(5)6)15-17(2)3/h9-11,13,16-18,21,23-25H,8,12,14-15H2,1-7H3,(H,29,33)(H,30,34). The third-order valence-electron chi connectivity index (χ3n) is 7.27. The van der Waals surface area contributed by atoms with E-state index in [1.54, 1.807) is 36.4 Å². The van der Waals surface area contributed by atoms with Gasteiger partial charge in [-0.15, -0.1) is 0 Å². The Bertz CT molecular complexity index is 1010. The second-order valence-corrected chi connectivity index (χ2v) is 10.6. The van der Waals surface area contributed by atoms with Gasteiger partial charge in [-0.3, -0.25) is 19.3 Å². The van der Waals surface area contributed by atoms with Crippen LogP contribution in [0.5, 0.6) is 11.5 Å². The molecule has 2 heterocycles. The Labute approximate surface area is 220 Å². The molecule has 0 spiro atoms. The van der Waals surface area contributed by atoms with Crippen LogP contribution in [0.4, 0.5) is 0 Å². The van der Waals surface area contributed by atoms with Crippen molar-refractivity contribution in [2.24, 2.45) is 11.8 Å². The third-order valence-corrected chi connectivity index (χ3v) is 7.27. The quantitative estimate of drug-likeness (QED) is 0.580. The lowest BCUT2D eigenvalue weighted by Crippen LogP contribution is -2.59. The molecule has 9 heteroatoms. The van der Waals surface area contributed by atoms with Crippen molar-refractivity contribution in [1.82, 2.24) is 20.4 Å². The molecular formula is C28H42N4O5. The first-order chi connectivity index (χ1) is 17.6. The normalized spacial score (nSPS) is 23.7. The SMILES string of the molecule is CCC(C)C1NC(=O)C2C(CCN2C(=O)C(CC(C)C)N(C)C)Oc2ccc(OC)c(c2)C=CNC1=O. The van der Waals surface area contributed by atoms with E-state index in [9.17, 15) is 14.4 Å². The Morgan fingerprint density at radius 3 is 2.57 bits per heavy atom. The number of nitrogens with zero attached hydrogens (tertiary/aromatic N) is 2. The predicted molar refractivity (Wildman–Crippen MR) is 143 cm³/mol. The van der Waals surface area contributed by atoms with E-state index in [4.69, 9.17) is 9.47 Å². The molecule has 37 heavy (non-hydrogen) atoms. The van der Waals surface area contributed by atoms with Crippen LogP contribution in [0.25, 0.3) is 6.08 Å². The Morgan fingerprint density at radius 1 is 1.22 bits per heavy atom. The van der Waals surface area contributed by atoms with E-state index in [2.05, 4.69) is 24.5 Å². The summed E-state index contributed by atoms with van der Waals surface area (Å²) in [5.41, 5.74) is 0.728. The van der Waals surface area contributed by atoms with Crippen molar-refractivity contribution < 1.29 is 23.9 Å². The van der Waals surface area contributed by atoms with Crippen LogP contribution >= 0.6 is 0 Å². The van der Waals surface area contributed by atoms with E-state index >= 15 is 0 Å². The average Bonchev–Trinajstić information content (AvgIpc) is 3.27. The van der Waals surface area contributed by atoms with E-state index in [1.807, 2.05) is 38.9 Å². The molecule has 5 unspecified atom stereocenters. The maximum absolute atomic E-state index is 13.8. The summed E-state index contributed by atoms with van der Waals surface area (Å²) in [4.78, 5) is 44.3. The lowest BCUT2D eigenvalue weighted by molar-refractivity contribution is -0.145. The Hall–Kier alpha value is -3.07. The number of hydrogen-bond donors (Lipinski definition) is 2. The van der Waals surface area contributed by atoms with Gasteiger partial charge in [0.25, 0.3) is 0 Å². The molecule has 5 atom stereocenters. The number of fused-ring (bicyclic) bond motifs is 3.